The first-order valence-corrected chi connectivity index (χ1v) is 10.3. The summed E-state index contributed by atoms with van der Waals surface area (Å²) in [5.74, 6) is 1.99. The molecule has 0 spiro atoms. The molecule has 0 saturated carbocycles. The van der Waals surface area contributed by atoms with Gasteiger partial charge in [-0.1, -0.05) is 30.3 Å². The molecule has 156 valence electrons. The van der Waals surface area contributed by atoms with Crippen molar-refractivity contribution in [1.82, 2.24) is 15.2 Å². The van der Waals surface area contributed by atoms with Gasteiger partial charge in [0.15, 0.2) is 5.96 Å². The van der Waals surface area contributed by atoms with Crippen LogP contribution in [0.5, 0.6) is 0 Å². The first kappa shape index (κ1) is 21.1. The molecule has 6 heteroatoms. The van der Waals surface area contributed by atoms with Crippen LogP contribution in [-0.2, 0) is 17.9 Å². The molecule has 0 unspecified atom stereocenters. The standard InChI is InChI=1S/C23H33N5O/c1-23(2,3)29-18-20-9-7-8-19(16-20)17-26-22(24-4)28-14-12-27(13-15-28)21-10-5-6-11-25-21/h5-11,16H,12-15,17-18H2,1-4H3,(H,24,26). The average Bonchev–Trinajstić information content (AvgIpc) is 2.74. The first-order valence-electron chi connectivity index (χ1n) is 10.3. The third-order valence-corrected chi connectivity index (χ3v) is 4.88. The van der Waals surface area contributed by atoms with Gasteiger partial charge in [-0.25, -0.2) is 4.98 Å². The van der Waals surface area contributed by atoms with E-state index in [1.165, 1.54) is 11.1 Å². The minimum absolute atomic E-state index is 0.131. The summed E-state index contributed by atoms with van der Waals surface area (Å²) in [4.78, 5) is 13.6. The molecule has 6 nitrogen and oxygen atoms in total. The molecule has 0 atom stereocenters. The summed E-state index contributed by atoms with van der Waals surface area (Å²) < 4.78 is 5.90. The number of nitrogens with one attached hydrogen (secondary N) is 1. The summed E-state index contributed by atoms with van der Waals surface area (Å²) in [6.07, 6.45) is 1.85. The Morgan fingerprint density at radius 1 is 1.07 bits per heavy atom. The highest BCUT2D eigenvalue weighted by atomic mass is 16.5. The van der Waals surface area contributed by atoms with Crippen LogP contribution in [0.2, 0.25) is 0 Å². The molecule has 2 heterocycles. The van der Waals surface area contributed by atoms with Gasteiger partial charge in [-0.3, -0.25) is 4.99 Å². The van der Waals surface area contributed by atoms with Gasteiger partial charge in [-0.05, 0) is 44.0 Å². The van der Waals surface area contributed by atoms with Crippen molar-refractivity contribution in [2.24, 2.45) is 4.99 Å². The van der Waals surface area contributed by atoms with Gasteiger partial charge < -0.3 is 19.9 Å². The van der Waals surface area contributed by atoms with E-state index >= 15 is 0 Å². The summed E-state index contributed by atoms with van der Waals surface area (Å²) in [6.45, 7) is 11.3. The number of guanidine groups is 1. The number of aliphatic imine (C=N–C) groups is 1. The monoisotopic (exact) mass is 395 g/mol. The lowest BCUT2D eigenvalue weighted by molar-refractivity contribution is -0.0149. The van der Waals surface area contributed by atoms with E-state index in [9.17, 15) is 0 Å². The maximum absolute atomic E-state index is 5.90. The molecule has 29 heavy (non-hydrogen) atoms. The van der Waals surface area contributed by atoms with Crippen LogP contribution in [0.4, 0.5) is 5.82 Å². The van der Waals surface area contributed by atoms with E-state index in [0.717, 1.165) is 44.5 Å². The number of anilines is 1. The summed E-state index contributed by atoms with van der Waals surface area (Å²) in [6, 6.07) is 14.6. The molecule has 1 N–H and O–H groups in total. The van der Waals surface area contributed by atoms with Crippen LogP contribution in [0, 0.1) is 0 Å². The number of hydrogen-bond donors (Lipinski definition) is 1. The summed E-state index contributed by atoms with van der Waals surface area (Å²) in [5.41, 5.74) is 2.29. The summed E-state index contributed by atoms with van der Waals surface area (Å²) in [5, 5.41) is 3.51. The largest absolute Gasteiger partial charge is 0.371 e. The number of hydrogen-bond acceptors (Lipinski definition) is 4. The van der Waals surface area contributed by atoms with Crippen LogP contribution >= 0.6 is 0 Å². The number of benzene rings is 1. The molecule has 1 aromatic heterocycles. The molecular weight excluding hydrogens is 362 g/mol. The van der Waals surface area contributed by atoms with Crippen LogP contribution in [0.25, 0.3) is 0 Å². The Labute approximate surface area is 174 Å². The molecule has 1 aromatic carbocycles. The number of pyridine rings is 1. The van der Waals surface area contributed by atoms with Crippen molar-refractivity contribution in [3.8, 4) is 0 Å². The van der Waals surface area contributed by atoms with Gasteiger partial charge in [-0.15, -0.1) is 0 Å². The topological polar surface area (TPSA) is 53.0 Å². The fourth-order valence-corrected chi connectivity index (χ4v) is 3.33. The van der Waals surface area contributed by atoms with E-state index in [0.29, 0.717) is 6.61 Å². The Kier molecular flexibility index (Phi) is 7.09. The third-order valence-electron chi connectivity index (χ3n) is 4.88. The second-order valence-corrected chi connectivity index (χ2v) is 8.28. The van der Waals surface area contributed by atoms with Gasteiger partial charge in [0, 0.05) is 46.0 Å². The summed E-state index contributed by atoms with van der Waals surface area (Å²) >= 11 is 0. The van der Waals surface area contributed by atoms with E-state index in [-0.39, 0.29) is 5.60 Å². The molecule has 0 bridgehead atoms. The van der Waals surface area contributed by atoms with Crippen molar-refractivity contribution in [1.29, 1.82) is 0 Å². The Morgan fingerprint density at radius 2 is 1.83 bits per heavy atom. The van der Waals surface area contributed by atoms with E-state index in [1.807, 2.05) is 25.4 Å². The molecule has 1 aliphatic heterocycles. The number of piperazine rings is 1. The van der Waals surface area contributed by atoms with Gasteiger partial charge in [0.25, 0.3) is 0 Å². The SMILES string of the molecule is CN=C(NCc1cccc(COC(C)(C)C)c1)N1CCN(c2ccccn2)CC1. The van der Waals surface area contributed by atoms with Crippen LogP contribution in [0.15, 0.2) is 53.7 Å². The zero-order chi connectivity index (χ0) is 20.7. The third kappa shape index (κ3) is 6.46. The highest BCUT2D eigenvalue weighted by Crippen LogP contribution is 2.14. The zero-order valence-electron chi connectivity index (χ0n) is 18.1. The second kappa shape index (κ2) is 9.74. The quantitative estimate of drug-likeness (QED) is 0.622. The molecule has 0 radical (unpaired) electrons. The van der Waals surface area contributed by atoms with Gasteiger partial charge >= 0.3 is 0 Å². The van der Waals surface area contributed by atoms with E-state index in [4.69, 9.17) is 4.74 Å². The molecule has 0 aliphatic carbocycles. The van der Waals surface area contributed by atoms with Crippen molar-refractivity contribution in [2.75, 3.05) is 38.1 Å². The number of rotatable bonds is 5. The molecular formula is C23H33N5O. The van der Waals surface area contributed by atoms with Crippen molar-refractivity contribution >= 4 is 11.8 Å². The summed E-state index contributed by atoms with van der Waals surface area (Å²) in [7, 11) is 1.85. The van der Waals surface area contributed by atoms with E-state index < -0.39 is 0 Å². The molecule has 1 fully saturated rings. The fourth-order valence-electron chi connectivity index (χ4n) is 3.33. The lowest BCUT2D eigenvalue weighted by Crippen LogP contribution is -2.52. The highest BCUT2D eigenvalue weighted by Gasteiger charge is 2.20. The first-order chi connectivity index (χ1) is 13.9. The molecule has 1 saturated heterocycles. The maximum atomic E-state index is 5.90. The molecule has 1 aliphatic rings. The smallest absolute Gasteiger partial charge is 0.194 e. The minimum Gasteiger partial charge on any atom is -0.371 e. The lowest BCUT2D eigenvalue weighted by atomic mass is 10.1. The Morgan fingerprint density at radius 3 is 2.48 bits per heavy atom. The van der Waals surface area contributed by atoms with Crippen molar-refractivity contribution in [3.05, 3.63) is 59.8 Å². The minimum atomic E-state index is -0.131. The van der Waals surface area contributed by atoms with Crippen molar-refractivity contribution < 1.29 is 4.74 Å². The van der Waals surface area contributed by atoms with Gasteiger partial charge in [0.2, 0.25) is 0 Å². The molecule has 3 rings (SSSR count). The Hall–Kier alpha value is -2.60. The Balaban J connectivity index is 1.51. The molecule has 2 aromatic rings. The predicted octanol–water partition coefficient (Wildman–Crippen LogP) is 3.29. The van der Waals surface area contributed by atoms with E-state index in [1.54, 1.807) is 0 Å². The van der Waals surface area contributed by atoms with Gasteiger partial charge in [0.05, 0.1) is 12.2 Å². The lowest BCUT2D eigenvalue weighted by Gasteiger charge is -2.37. The van der Waals surface area contributed by atoms with Crippen LogP contribution in [-0.4, -0.2) is 54.7 Å². The van der Waals surface area contributed by atoms with Crippen LogP contribution in [0.1, 0.15) is 31.9 Å². The predicted molar refractivity (Wildman–Crippen MR) is 119 cm³/mol. The van der Waals surface area contributed by atoms with Crippen LogP contribution < -0.4 is 10.2 Å². The second-order valence-electron chi connectivity index (χ2n) is 8.28. The maximum Gasteiger partial charge on any atom is 0.194 e. The van der Waals surface area contributed by atoms with Gasteiger partial charge in [-0.2, -0.15) is 0 Å². The number of nitrogens with zero attached hydrogens (tertiary/aromatic N) is 4. The van der Waals surface area contributed by atoms with E-state index in [2.05, 4.69) is 76.2 Å². The van der Waals surface area contributed by atoms with Crippen molar-refractivity contribution in [2.45, 2.75) is 39.5 Å². The zero-order valence-corrected chi connectivity index (χ0v) is 18.1. The highest BCUT2D eigenvalue weighted by molar-refractivity contribution is 5.80. The van der Waals surface area contributed by atoms with Gasteiger partial charge in [0.1, 0.15) is 5.82 Å². The van der Waals surface area contributed by atoms with Crippen LogP contribution in [0.3, 0.4) is 0 Å². The fraction of sp³-hybridized carbons (Fsp3) is 0.478. The molecule has 0 amide bonds. The average molecular weight is 396 g/mol. The number of aromatic nitrogens is 1. The Bertz CT molecular complexity index is 792. The number of ether oxygens (including phenoxy) is 1. The normalized spacial score (nSPS) is 15.5. The van der Waals surface area contributed by atoms with Crippen molar-refractivity contribution in [3.63, 3.8) is 0 Å².